The molecule has 0 saturated carbocycles. The fourth-order valence-electron chi connectivity index (χ4n) is 1.54. The number of halogens is 1. The molecule has 0 atom stereocenters. The van der Waals surface area contributed by atoms with Gasteiger partial charge in [-0.2, -0.15) is 0 Å². The zero-order valence-electron chi connectivity index (χ0n) is 10.9. The molecule has 2 rings (SSSR count). The Kier molecular flexibility index (Phi) is 5.26. The predicted octanol–water partition coefficient (Wildman–Crippen LogP) is 3.22. The number of amides is 1. The van der Waals surface area contributed by atoms with Crippen molar-refractivity contribution in [2.75, 3.05) is 20.3 Å². The normalized spacial score (nSPS) is 10.1. The van der Waals surface area contributed by atoms with Gasteiger partial charge in [0, 0.05) is 0 Å². The Morgan fingerprint density at radius 3 is 2.55 bits per heavy atom. The highest BCUT2D eigenvalue weighted by Crippen LogP contribution is 2.21. The van der Waals surface area contributed by atoms with E-state index in [1.165, 1.54) is 11.3 Å². The van der Waals surface area contributed by atoms with E-state index in [4.69, 9.17) is 21.1 Å². The van der Waals surface area contributed by atoms with E-state index in [1.54, 1.807) is 18.6 Å². The van der Waals surface area contributed by atoms with Gasteiger partial charge < -0.3 is 14.8 Å². The SMILES string of the molecule is COc1ccc(OCCNC(=O)c2sccc2Cl)cc1. The van der Waals surface area contributed by atoms with Crippen molar-refractivity contribution in [2.45, 2.75) is 0 Å². The number of hydrogen-bond acceptors (Lipinski definition) is 4. The van der Waals surface area contributed by atoms with Crippen LogP contribution in [0.1, 0.15) is 9.67 Å². The second kappa shape index (κ2) is 7.17. The number of rotatable bonds is 6. The van der Waals surface area contributed by atoms with Crippen LogP contribution in [-0.4, -0.2) is 26.2 Å². The van der Waals surface area contributed by atoms with Gasteiger partial charge in [0.2, 0.25) is 0 Å². The van der Waals surface area contributed by atoms with Gasteiger partial charge in [-0.15, -0.1) is 11.3 Å². The van der Waals surface area contributed by atoms with Crippen molar-refractivity contribution in [3.8, 4) is 11.5 Å². The van der Waals surface area contributed by atoms with Gasteiger partial charge in [0.15, 0.2) is 0 Å². The van der Waals surface area contributed by atoms with E-state index < -0.39 is 0 Å². The van der Waals surface area contributed by atoms with Crippen molar-refractivity contribution in [3.05, 3.63) is 45.6 Å². The molecule has 1 heterocycles. The molecular formula is C14H14ClNO3S. The number of hydrogen-bond donors (Lipinski definition) is 1. The van der Waals surface area contributed by atoms with Crippen molar-refractivity contribution in [1.29, 1.82) is 0 Å². The molecule has 1 aromatic carbocycles. The molecule has 0 unspecified atom stereocenters. The molecule has 20 heavy (non-hydrogen) atoms. The number of methoxy groups -OCH3 is 1. The van der Waals surface area contributed by atoms with E-state index in [9.17, 15) is 4.79 Å². The summed E-state index contributed by atoms with van der Waals surface area (Å²) in [4.78, 5) is 12.3. The largest absolute Gasteiger partial charge is 0.497 e. The number of carbonyl (C=O) groups excluding carboxylic acids is 1. The Hall–Kier alpha value is -1.72. The number of ether oxygens (including phenoxy) is 2. The summed E-state index contributed by atoms with van der Waals surface area (Å²) in [6, 6.07) is 8.97. The molecule has 1 N–H and O–H groups in total. The molecule has 106 valence electrons. The van der Waals surface area contributed by atoms with Crippen molar-refractivity contribution >= 4 is 28.8 Å². The van der Waals surface area contributed by atoms with Gasteiger partial charge >= 0.3 is 0 Å². The third-order valence-electron chi connectivity index (χ3n) is 2.54. The van der Waals surface area contributed by atoms with Crippen LogP contribution in [0.3, 0.4) is 0 Å². The van der Waals surface area contributed by atoms with Crippen LogP contribution in [0.25, 0.3) is 0 Å². The number of carbonyl (C=O) groups is 1. The van der Waals surface area contributed by atoms with Gasteiger partial charge in [0.05, 0.1) is 18.7 Å². The molecule has 0 saturated heterocycles. The molecule has 6 heteroatoms. The minimum absolute atomic E-state index is 0.177. The molecule has 4 nitrogen and oxygen atoms in total. The van der Waals surface area contributed by atoms with Gasteiger partial charge in [-0.1, -0.05) is 11.6 Å². The third kappa shape index (κ3) is 3.88. The lowest BCUT2D eigenvalue weighted by atomic mass is 10.3. The molecule has 0 aliphatic heterocycles. The number of nitrogens with one attached hydrogen (secondary N) is 1. The molecule has 0 bridgehead atoms. The summed E-state index contributed by atoms with van der Waals surface area (Å²) >= 11 is 7.20. The number of thiophene rings is 1. The molecule has 0 fully saturated rings. The summed E-state index contributed by atoms with van der Waals surface area (Å²) in [5, 5.41) is 5.01. The smallest absolute Gasteiger partial charge is 0.263 e. The van der Waals surface area contributed by atoms with Crippen molar-refractivity contribution in [3.63, 3.8) is 0 Å². The maximum Gasteiger partial charge on any atom is 0.263 e. The fraction of sp³-hybridized carbons (Fsp3) is 0.214. The average Bonchev–Trinajstić information content (AvgIpc) is 2.90. The van der Waals surface area contributed by atoms with E-state index >= 15 is 0 Å². The summed E-state index contributed by atoms with van der Waals surface area (Å²) in [6.07, 6.45) is 0. The molecule has 2 aromatic rings. The lowest BCUT2D eigenvalue weighted by Crippen LogP contribution is -2.27. The maximum absolute atomic E-state index is 11.8. The molecule has 1 amide bonds. The fourth-order valence-corrected chi connectivity index (χ4v) is 2.60. The highest BCUT2D eigenvalue weighted by atomic mass is 35.5. The first kappa shape index (κ1) is 14.7. The highest BCUT2D eigenvalue weighted by molar-refractivity contribution is 7.12. The Bertz CT molecular complexity index is 568. The Labute approximate surface area is 126 Å². The predicted molar refractivity (Wildman–Crippen MR) is 80.2 cm³/mol. The first-order chi connectivity index (χ1) is 9.70. The van der Waals surface area contributed by atoms with Gasteiger partial charge in [0.1, 0.15) is 23.0 Å². The molecule has 0 aliphatic rings. The van der Waals surface area contributed by atoms with Gasteiger partial charge in [0.25, 0.3) is 5.91 Å². The van der Waals surface area contributed by atoms with Crippen LogP contribution >= 0.6 is 22.9 Å². The zero-order chi connectivity index (χ0) is 14.4. The van der Waals surface area contributed by atoms with E-state index in [0.717, 1.165) is 11.5 Å². The van der Waals surface area contributed by atoms with Crippen LogP contribution in [-0.2, 0) is 0 Å². The first-order valence-electron chi connectivity index (χ1n) is 5.99. The van der Waals surface area contributed by atoms with E-state index in [0.29, 0.717) is 23.1 Å². The number of benzene rings is 1. The van der Waals surface area contributed by atoms with E-state index in [2.05, 4.69) is 5.32 Å². The summed E-state index contributed by atoms with van der Waals surface area (Å²) < 4.78 is 10.6. The zero-order valence-corrected chi connectivity index (χ0v) is 12.5. The summed E-state index contributed by atoms with van der Waals surface area (Å²) in [7, 11) is 1.61. The van der Waals surface area contributed by atoms with Crippen LogP contribution < -0.4 is 14.8 Å². The Morgan fingerprint density at radius 2 is 1.95 bits per heavy atom. The highest BCUT2D eigenvalue weighted by Gasteiger charge is 2.10. The van der Waals surface area contributed by atoms with Crippen LogP contribution in [0.15, 0.2) is 35.7 Å². The van der Waals surface area contributed by atoms with Crippen LogP contribution in [0.4, 0.5) is 0 Å². The average molecular weight is 312 g/mol. The van der Waals surface area contributed by atoms with Crippen molar-refractivity contribution < 1.29 is 14.3 Å². The molecule has 0 spiro atoms. The van der Waals surface area contributed by atoms with Gasteiger partial charge in [-0.05, 0) is 35.7 Å². The van der Waals surface area contributed by atoms with Crippen molar-refractivity contribution in [1.82, 2.24) is 5.32 Å². The Morgan fingerprint density at radius 1 is 1.25 bits per heavy atom. The van der Waals surface area contributed by atoms with E-state index in [1.807, 2.05) is 24.3 Å². The van der Waals surface area contributed by atoms with E-state index in [-0.39, 0.29) is 5.91 Å². The molecule has 0 aliphatic carbocycles. The maximum atomic E-state index is 11.8. The molecule has 1 aromatic heterocycles. The Balaban J connectivity index is 1.73. The van der Waals surface area contributed by atoms with Crippen molar-refractivity contribution in [2.24, 2.45) is 0 Å². The summed E-state index contributed by atoms with van der Waals surface area (Å²) in [5.74, 6) is 1.33. The standard InChI is InChI=1S/C14H14ClNO3S/c1-18-10-2-4-11(5-3-10)19-8-7-16-14(17)13-12(15)6-9-20-13/h2-6,9H,7-8H2,1H3,(H,16,17). The van der Waals surface area contributed by atoms with Gasteiger partial charge in [-0.3, -0.25) is 4.79 Å². The topological polar surface area (TPSA) is 47.6 Å². The van der Waals surface area contributed by atoms with Crippen LogP contribution in [0, 0.1) is 0 Å². The second-order valence-corrected chi connectivity index (χ2v) is 5.20. The van der Waals surface area contributed by atoms with Crippen LogP contribution in [0.5, 0.6) is 11.5 Å². The first-order valence-corrected chi connectivity index (χ1v) is 7.24. The quantitative estimate of drug-likeness (QED) is 0.833. The molecular weight excluding hydrogens is 298 g/mol. The van der Waals surface area contributed by atoms with Gasteiger partial charge in [-0.25, -0.2) is 0 Å². The lowest BCUT2D eigenvalue weighted by Gasteiger charge is -2.08. The summed E-state index contributed by atoms with van der Waals surface area (Å²) in [6.45, 7) is 0.806. The third-order valence-corrected chi connectivity index (χ3v) is 3.88. The lowest BCUT2D eigenvalue weighted by molar-refractivity contribution is 0.0951. The summed E-state index contributed by atoms with van der Waals surface area (Å²) in [5.41, 5.74) is 0. The van der Waals surface area contributed by atoms with Crippen LogP contribution in [0.2, 0.25) is 5.02 Å². The monoisotopic (exact) mass is 311 g/mol. The molecule has 0 radical (unpaired) electrons. The minimum Gasteiger partial charge on any atom is -0.497 e. The minimum atomic E-state index is -0.177. The second-order valence-electron chi connectivity index (χ2n) is 3.88.